The van der Waals surface area contributed by atoms with Gasteiger partial charge >= 0.3 is 0 Å². The summed E-state index contributed by atoms with van der Waals surface area (Å²) in [6.07, 6.45) is 1.80. The quantitative estimate of drug-likeness (QED) is 0.948. The van der Waals surface area contributed by atoms with Gasteiger partial charge in [-0.15, -0.1) is 11.3 Å². The lowest BCUT2D eigenvalue weighted by Crippen LogP contribution is -2.40. The molecule has 0 aliphatic carbocycles. The van der Waals surface area contributed by atoms with Crippen LogP contribution in [0, 0.1) is 5.82 Å². The molecule has 0 saturated carbocycles. The Bertz CT molecular complexity index is 702. The maximum atomic E-state index is 13.8. The van der Waals surface area contributed by atoms with Crippen LogP contribution < -0.4 is 5.32 Å². The number of nitrogens with zero attached hydrogens (tertiary/aromatic N) is 2. The lowest BCUT2D eigenvalue weighted by molar-refractivity contribution is -0.135. The number of carbonyl (C=O) groups is 1. The molecule has 2 aromatic rings. The van der Waals surface area contributed by atoms with Crippen LogP contribution in [0.3, 0.4) is 0 Å². The third-order valence-corrected chi connectivity index (χ3v) is 3.87. The van der Waals surface area contributed by atoms with Crippen molar-refractivity contribution < 1.29 is 14.0 Å². The van der Waals surface area contributed by atoms with Crippen molar-refractivity contribution >= 4 is 28.1 Å². The van der Waals surface area contributed by atoms with E-state index in [1.165, 1.54) is 17.4 Å². The van der Waals surface area contributed by atoms with E-state index in [2.05, 4.69) is 15.5 Å². The van der Waals surface area contributed by atoms with Crippen molar-refractivity contribution in [1.29, 1.82) is 0 Å². The molecule has 5 nitrogen and oxygen atoms in total. The zero-order valence-corrected chi connectivity index (χ0v) is 12.0. The summed E-state index contributed by atoms with van der Waals surface area (Å²) in [7, 11) is 0. The number of nitrogens with one attached hydrogen (secondary N) is 1. The van der Waals surface area contributed by atoms with E-state index < -0.39 is 5.60 Å². The number of carbonyl (C=O) groups excluding carboxylic acids is 1. The van der Waals surface area contributed by atoms with E-state index in [0.717, 1.165) is 0 Å². The van der Waals surface area contributed by atoms with Gasteiger partial charge in [0.15, 0.2) is 5.13 Å². The van der Waals surface area contributed by atoms with Gasteiger partial charge in [-0.25, -0.2) is 9.37 Å². The predicted molar refractivity (Wildman–Crippen MR) is 77.8 cm³/mol. The Kier molecular flexibility index (Phi) is 3.42. The molecule has 0 saturated heterocycles. The standard InChI is InChI=1S/C14H12FN3O2S/c1-14(12(19)17-13-16-6-7-21-13)8-11(18-20-14)9-4-2-3-5-10(9)15/h2-7H,8H2,1H3,(H,16,17,19)/t14-/m1/s1. The molecule has 0 radical (unpaired) electrons. The third kappa shape index (κ3) is 2.64. The summed E-state index contributed by atoms with van der Waals surface area (Å²) in [5.41, 5.74) is -0.392. The van der Waals surface area contributed by atoms with Gasteiger partial charge in [0.1, 0.15) is 5.82 Å². The molecule has 108 valence electrons. The Balaban J connectivity index is 1.75. The van der Waals surface area contributed by atoms with Crippen LogP contribution in [-0.4, -0.2) is 22.2 Å². The van der Waals surface area contributed by atoms with Gasteiger partial charge in [0.05, 0.1) is 5.71 Å². The zero-order valence-electron chi connectivity index (χ0n) is 11.2. The second-order valence-electron chi connectivity index (χ2n) is 4.81. The maximum Gasteiger partial charge on any atom is 0.273 e. The fourth-order valence-electron chi connectivity index (χ4n) is 2.02. The first-order valence-electron chi connectivity index (χ1n) is 6.29. The second kappa shape index (κ2) is 5.25. The molecule has 0 bridgehead atoms. The number of benzene rings is 1. The van der Waals surface area contributed by atoms with Gasteiger partial charge in [0.25, 0.3) is 5.91 Å². The number of thiazole rings is 1. The van der Waals surface area contributed by atoms with Gasteiger partial charge in [-0.05, 0) is 13.0 Å². The molecule has 1 amide bonds. The monoisotopic (exact) mass is 305 g/mol. The van der Waals surface area contributed by atoms with Crippen molar-refractivity contribution in [2.45, 2.75) is 18.9 Å². The van der Waals surface area contributed by atoms with Gasteiger partial charge in [-0.2, -0.15) is 0 Å². The van der Waals surface area contributed by atoms with Crippen molar-refractivity contribution in [3.63, 3.8) is 0 Å². The highest BCUT2D eigenvalue weighted by atomic mass is 32.1. The minimum Gasteiger partial charge on any atom is -0.379 e. The molecule has 0 fully saturated rings. The third-order valence-electron chi connectivity index (χ3n) is 3.18. The van der Waals surface area contributed by atoms with Gasteiger partial charge in [-0.3, -0.25) is 10.1 Å². The van der Waals surface area contributed by atoms with Crippen LogP contribution in [0.25, 0.3) is 0 Å². The fourth-order valence-corrected chi connectivity index (χ4v) is 2.54. The number of aromatic nitrogens is 1. The number of anilines is 1. The van der Waals surface area contributed by atoms with E-state index in [4.69, 9.17) is 4.84 Å². The first kappa shape index (κ1) is 13.7. The molecule has 1 aromatic heterocycles. The molecule has 0 unspecified atom stereocenters. The molecular weight excluding hydrogens is 293 g/mol. The van der Waals surface area contributed by atoms with Crippen molar-refractivity contribution in [2.24, 2.45) is 5.16 Å². The molecule has 1 aliphatic heterocycles. The summed E-state index contributed by atoms with van der Waals surface area (Å²) in [5.74, 6) is -0.739. The molecule has 21 heavy (non-hydrogen) atoms. The summed E-state index contributed by atoms with van der Waals surface area (Å²) in [4.78, 5) is 21.5. The average molecular weight is 305 g/mol. The molecular formula is C14H12FN3O2S. The molecule has 7 heteroatoms. The van der Waals surface area contributed by atoms with Crippen molar-refractivity contribution in [3.8, 4) is 0 Å². The van der Waals surface area contributed by atoms with Crippen molar-refractivity contribution in [1.82, 2.24) is 4.98 Å². The van der Waals surface area contributed by atoms with Crippen LogP contribution in [0.15, 0.2) is 41.0 Å². The number of hydrogen-bond acceptors (Lipinski definition) is 5. The Hall–Kier alpha value is -2.28. The van der Waals surface area contributed by atoms with Crippen molar-refractivity contribution in [2.75, 3.05) is 5.32 Å². The van der Waals surface area contributed by atoms with Crippen LogP contribution >= 0.6 is 11.3 Å². The Labute approximate surface area is 124 Å². The number of oxime groups is 1. The number of halogens is 1. The second-order valence-corrected chi connectivity index (χ2v) is 5.70. The zero-order chi connectivity index (χ0) is 14.9. The topological polar surface area (TPSA) is 63.6 Å². The van der Waals surface area contributed by atoms with E-state index in [1.807, 2.05) is 0 Å². The van der Waals surface area contributed by atoms with Crippen LogP contribution in [0.2, 0.25) is 0 Å². The van der Waals surface area contributed by atoms with Crippen LogP contribution in [0.1, 0.15) is 18.9 Å². The molecule has 0 spiro atoms. The number of amides is 1. The highest BCUT2D eigenvalue weighted by Gasteiger charge is 2.43. The normalized spacial score (nSPS) is 20.8. The van der Waals surface area contributed by atoms with E-state index in [0.29, 0.717) is 16.4 Å². The van der Waals surface area contributed by atoms with Gasteiger partial charge in [0, 0.05) is 23.6 Å². The molecule has 1 atom stereocenters. The van der Waals surface area contributed by atoms with E-state index >= 15 is 0 Å². The van der Waals surface area contributed by atoms with E-state index in [-0.39, 0.29) is 18.1 Å². The van der Waals surface area contributed by atoms with Gasteiger partial charge in [-0.1, -0.05) is 23.4 Å². The highest BCUT2D eigenvalue weighted by Crippen LogP contribution is 2.29. The van der Waals surface area contributed by atoms with E-state index in [1.54, 1.807) is 36.7 Å². The molecule has 1 aliphatic rings. The minimum absolute atomic E-state index is 0.200. The summed E-state index contributed by atoms with van der Waals surface area (Å²) in [6.45, 7) is 1.62. The maximum absolute atomic E-state index is 13.8. The largest absolute Gasteiger partial charge is 0.379 e. The number of rotatable bonds is 3. The summed E-state index contributed by atoms with van der Waals surface area (Å²) < 4.78 is 13.8. The highest BCUT2D eigenvalue weighted by molar-refractivity contribution is 7.13. The SMILES string of the molecule is C[C@]1(C(=O)Nc2nccs2)CC(c2ccccc2F)=NO1. The average Bonchev–Trinajstić information content (AvgIpc) is 3.10. The summed E-state index contributed by atoms with van der Waals surface area (Å²) in [6, 6.07) is 6.28. The molecule has 1 N–H and O–H groups in total. The molecule has 1 aromatic carbocycles. The number of hydrogen-bond donors (Lipinski definition) is 1. The minimum atomic E-state index is -1.16. The van der Waals surface area contributed by atoms with Crippen LogP contribution in [-0.2, 0) is 9.63 Å². The first-order valence-corrected chi connectivity index (χ1v) is 7.17. The Morgan fingerprint density at radius 1 is 1.48 bits per heavy atom. The predicted octanol–water partition coefficient (Wildman–Crippen LogP) is 2.80. The van der Waals surface area contributed by atoms with E-state index in [9.17, 15) is 9.18 Å². The fraction of sp³-hybridized carbons (Fsp3) is 0.214. The van der Waals surface area contributed by atoms with Gasteiger partial charge < -0.3 is 4.84 Å². The van der Waals surface area contributed by atoms with Crippen LogP contribution in [0.5, 0.6) is 0 Å². The first-order chi connectivity index (χ1) is 10.1. The van der Waals surface area contributed by atoms with Crippen LogP contribution in [0.4, 0.5) is 9.52 Å². The Morgan fingerprint density at radius 2 is 2.29 bits per heavy atom. The molecule has 3 rings (SSSR count). The van der Waals surface area contributed by atoms with Crippen molar-refractivity contribution in [3.05, 3.63) is 47.2 Å². The lowest BCUT2D eigenvalue weighted by atomic mass is 9.95. The molecule has 2 heterocycles. The summed E-state index contributed by atoms with van der Waals surface area (Å²) in [5, 5.41) is 8.79. The smallest absolute Gasteiger partial charge is 0.273 e. The van der Waals surface area contributed by atoms with Gasteiger partial charge in [0.2, 0.25) is 5.60 Å². The Morgan fingerprint density at radius 3 is 3.00 bits per heavy atom. The summed E-state index contributed by atoms with van der Waals surface area (Å²) >= 11 is 1.31. The lowest BCUT2D eigenvalue weighted by Gasteiger charge is -2.19.